The van der Waals surface area contributed by atoms with Crippen molar-refractivity contribution < 1.29 is 14.3 Å². The first-order chi connectivity index (χ1) is 11.8. The zero-order valence-corrected chi connectivity index (χ0v) is 19.0. The number of halogens is 1. The second-order valence-electron chi connectivity index (χ2n) is 7.11. The Bertz CT molecular complexity index is 475. The maximum Gasteiger partial charge on any atom is 0.308 e. The van der Waals surface area contributed by atoms with E-state index in [-0.39, 0.29) is 47.8 Å². The Morgan fingerprint density at radius 1 is 1.12 bits per heavy atom. The highest BCUT2D eigenvalue weighted by molar-refractivity contribution is 14.0. The van der Waals surface area contributed by atoms with Crippen molar-refractivity contribution in [2.45, 2.75) is 59.4 Å². The van der Waals surface area contributed by atoms with E-state index in [9.17, 15) is 9.59 Å². The summed E-state index contributed by atoms with van der Waals surface area (Å²) in [5.74, 6) is 0.654. The summed E-state index contributed by atoms with van der Waals surface area (Å²) in [4.78, 5) is 28.1. The second-order valence-corrected chi connectivity index (χ2v) is 7.11. The van der Waals surface area contributed by atoms with Crippen molar-refractivity contribution >= 4 is 41.8 Å². The van der Waals surface area contributed by atoms with Crippen molar-refractivity contribution in [2.24, 2.45) is 16.3 Å². The van der Waals surface area contributed by atoms with Gasteiger partial charge in [0.25, 0.3) is 0 Å². The van der Waals surface area contributed by atoms with Gasteiger partial charge in [-0.15, -0.1) is 24.0 Å². The number of guanidine groups is 1. The number of esters is 1. The molecular formula is C18H35IN4O3. The van der Waals surface area contributed by atoms with Crippen LogP contribution in [-0.4, -0.2) is 50.6 Å². The smallest absolute Gasteiger partial charge is 0.308 e. The fourth-order valence-corrected chi connectivity index (χ4v) is 2.91. The van der Waals surface area contributed by atoms with Gasteiger partial charge in [-0.3, -0.25) is 14.6 Å². The average molecular weight is 482 g/mol. The molecule has 1 saturated carbocycles. The van der Waals surface area contributed by atoms with Crippen LogP contribution in [0.15, 0.2) is 4.99 Å². The highest BCUT2D eigenvalue weighted by Gasteiger charge is 2.29. The Balaban J connectivity index is 0.00000625. The Morgan fingerprint density at radius 3 is 2.23 bits per heavy atom. The van der Waals surface area contributed by atoms with Gasteiger partial charge in [0.2, 0.25) is 5.91 Å². The number of hydrogen-bond donors (Lipinski definition) is 3. The zero-order chi connectivity index (χ0) is 18.9. The molecule has 0 aliphatic heterocycles. The lowest BCUT2D eigenvalue weighted by Gasteiger charge is -2.30. The molecule has 0 aromatic rings. The standard InChI is InChI=1S/C18H34N4O3.HI/c1-6-20-16(24)18(3,4)12-21-17(19-5)22-14-10-8-13(9-11-14)15(23)25-7-2;/h13-14H,6-12H2,1-5H3,(H,20,24)(H2,19,21,22);1H. The SMILES string of the molecule is CCNC(=O)C(C)(C)CNC(=NC)NC1CCC(C(=O)OCC)CC1.I. The summed E-state index contributed by atoms with van der Waals surface area (Å²) < 4.78 is 5.10. The van der Waals surface area contributed by atoms with Crippen molar-refractivity contribution in [3.63, 3.8) is 0 Å². The van der Waals surface area contributed by atoms with Gasteiger partial charge in [0.15, 0.2) is 5.96 Å². The third kappa shape index (κ3) is 8.09. The fourth-order valence-electron chi connectivity index (χ4n) is 2.91. The van der Waals surface area contributed by atoms with Crippen LogP contribution in [-0.2, 0) is 14.3 Å². The van der Waals surface area contributed by atoms with Crippen LogP contribution >= 0.6 is 24.0 Å². The normalized spacial score (nSPS) is 20.6. The maximum atomic E-state index is 12.1. The van der Waals surface area contributed by atoms with E-state index < -0.39 is 5.41 Å². The van der Waals surface area contributed by atoms with E-state index in [0.29, 0.717) is 25.7 Å². The molecule has 152 valence electrons. The van der Waals surface area contributed by atoms with Gasteiger partial charge in [-0.05, 0) is 53.4 Å². The maximum absolute atomic E-state index is 12.1. The van der Waals surface area contributed by atoms with Gasteiger partial charge in [-0.1, -0.05) is 0 Å². The predicted molar refractivity (Wildman–Crippen MR) is 115 cm³/mol. The minimum Gasteiger partial charge on any atom is -0.466 e. The van der Waals surface area contributed by atoms with Gasteiger partial charge in [-0.25, -0.2) is 0 Å². The summed E-state index contributed by atoms with van der Waals surface area (Å²) in [6.07, 6.45) is 3.48. The van der Waals surface area contributed by atoms with Crippen LogP contribution in [0, 0.1) is 11.3 Å². The number of nitrogens with zero attached hydrogens (tertiary/aromatic N) is 1. The van der Waals surface area contributed by atoms with E-state index in [4.69, 9.17) is 4.74 Å². The zero-order valence-electron chi connectivity index (χ0n) is 16.7. The van der Waals surface area contributed by atoms with E-state index in [1.807, 2.05) is 27.7 Å². The van der Waals surface area contributed by atoms with E-state index in [2.05, 4.69) is 20.9 Å². The third-order valence-electron chi connectivity index (χ3n) is 4.56. The summed E-state index contributed by atoms with van der Waals surface area (Å²) in [5, 5.41) is 9.48. The number of amides is 1. The molecule has 0 aromatic carbocycles. The van der Waals surface area contributed by atoms with Crippen LogP contribution in [0.3, 0.4) is 0 Å². The fraction of sp³-hybridized carbons (Fsp3) is 0.833. The predicted octanol–water partition coefficient (Wildman–Crippen LogP) is 2.05. The molecule has 3 N–H and O–H groups in total. The number of hydrogen-bond acceptors (Lipinski definition) is 4. The molecule has 1 fully saturated rings. The summed E-state index contributed by atoms with van der Waals surface area (Å²) in [6.45, 7) is 9.12. The number of carbonyl (C=O) groups excluding carboxylic acids is 2. The summed E-state index contributed by atoms with van der Waals surface area (Å²) in [5.41, 5.74) is -0.519. The molecule has 0 radical (unpaired) electrons. The molecule has 0 heterocycles. The Morgan fingerprint density at radius 2 is 1.73 bits per heavy atom. The summed E-state index contributed by atoms with van der Waals surface area (Å²) >= 11 is 0. The third-order valence-corrected chi connectivity index (χ3v) is 4.56. The van der Waals surface area contributed by atoms with Crippen LogP contribution in [0.5, 0.6) is 0 Å². The number of rotatable bonds is 7. The highest BCUT2D eigenvalue weighted by atomic mass is 127. The van der Waals surface area contributed by atoms with Gasteiger partial charge in [-0.2, -0.15) is 0 Å². The molecule has 7 nitrogen and oxygen atoms in total. The average Bonchev–Trinajstić information content (AvgIpc) is 2.59. The topological polar surface area (TPSA) is 91.8 Å². The first-order valence-electron chi connectivity index (χ1n) is 9.26. The van der Waals surface area contributed by atoms with E-state index in [1.165, 1.54) is 0 Å². The van der Waals surface area contributed by atoms with Crippen molar-refractivity contribution in [2.75, 3.05) is 26.7 Å². The van der Waals surface area contributed by atoms with Crippen molar-refractivity contribution in [3.05, 3.63) is 0 Å². The molecule has 0 aromatic heterocycles. The minimum absolute atomic E-state index is 0. The molecule has 0 saturated heterocycles. The summed E-state index contributed by atoms with van der Waals surface area (Å²) in [6, 6.07) is 0.282. The minimum atomic E-state index is -0.519. The Kier molecular flexibility index (Phi) is 11.8. The van der Waals surface area contributed by atoms with Gasteiger partial charge >= 0.3 is 5.97 Å². The number of aliphatic imine (C=N–C) groups is 1. The number of ether oxygens (including phenoxy) is 1. The van der Waals surface area contributed by atoms with Crippen LogP contribution in [0.1, 0.15) is 53.4 Å². The first kappa shape index (κ1) is 24.9. The number of nitrogens with one attached hydrogen (secondary N) is 3. The number of carbonyl (C=O) groups is 2. The molecule has 1 aliphatic rings. The molecule has 1 aliphatic carbocycles. The molecule has 0 atom stereocenters. The lowest BCUT2D eigenvalue weighted by atomic mass is 9.86. The van der Waals surface area contributed by atoms with Gasteiger partial charge < -0.3 is 20.7 Å². The molecule has 0 spiro atoms. The van der Waals surface area contributed by atoms with Crippen molar-refractivity contribution in [1.29, 1.82) is 0 Å². The molecule has 0 bridgehead atoms. The molecule has 1 rings (SSSR count). The van der Waals surface area contributed by atoms with Crippen LogP contribution in [0.4, 0.5) is 0 Å². The Labute approximate surface area is 174 Å². The van der Waals surface area contributed by atoms with E-state index in [0.717, 1.165) is 25.7 Å². The quantitative estimate of drug-likeness (QED) is 0.224. The highest BCUT2D eigenvalue weighted by Crippen LogP contribution is 2.25. The molecule has 0 unspecified atom stereocenters. The lowest BCUT2D eigenvalue weighted by molar-refractivity contribution is -0.149. The Hall–Kier alpha value is -1.06. The molecular weight excluding hydrogens is 447 g/mol. The van der Waals surface area contributed by atoms with Crippen molar-refractivity contribution in [1.82, 2.24) is 16.0 Å². The van der Waals surface area contributed by atoms with Gasteiger partial charge in [0, 0.05) is 26.2 Å². The molecule has 1 amide bonds. The van der Waals surface area contributed by atoms with E-state index >= 15 is 0 Å². The van der Waals surface area contributed by atoms with Crippen LogP contribution in [0.2, 0.25) is 0 Å². The second kappa shape index (κ2) is 12.3. The largest absolute Gasteiger partial charge is 0.466 e. The van der Waals surface area contributed by atoms with Crippen LogP contribution in [0.25, 0.3) is 0 Å². The van der Waals surface area contributed by atoms with Gasteiger partial charge in [0.05, 0.1) is 17.9 Å². The first-order valence-corrected chi connectivity index (χ1v) is 9.26. The molecule has 8 heteroatoms. The lowest BCUT2D eigenvalue weighted by Crippen LogP contribution is -2.50. The van der Waals surface area contributed by atoms with Gasteiger partial charge in [0.1, 0.15) is 0 Å². The summed E-state index contributed by atoms with van der Waals surface area (Å²) in [7, 11) is 1.72. The van der Waals surface area contributed by atoms with Crippen LogP contribution < -0.4 is 16.0 Å². The molecule has 26 heavy (non-hydrogen) atoms. The monoisotopic (exact) mass is 482 g/mol. The van der Waals surface area contributed by atoms with Crippen molar-refractivity contribution in [3.8, 4) is 0 Å². The van der Waals surface area contributed by atoms with E-state index in [1.54, 1.807) is 7.05 Å².